The van der Waals surface area contributed by atoms with Gasteiger partial charge >= 0.3 is 0 Å². The maximum atomic E-state index is 13.1. The van der Waals surface area contributed by atoms with E-state index in [1.54, 1.807) is 17.0 Å². The van der Waals surface area contributed by atoms with Gasteiger partial charge < -0.3 is 10.1 Å². The van der Waals surface area contributed by atoms with Crippen LogP contribution in [0.15, 0.2) is 102 Å². The third kappa shape index (κ3) is 5.75. The lowest BCUT2D eigenvalue weighted by molar-refractivity contribution is -0.595. The predicted octanol–water partition coefficient (Wildman–Crippen LogP) is 3.46. The third-order valence-electron chi connectivity index (χ3n) is 6.33. The number of benzene rings is 2. The van der Waals surface area contributed by atoms with Crippen molar-refractivity contribution < 1.29 is 9.30 Å². The van der Waals surface area contributed by atoms with Gasteiger partial charge in [0.25, 0.3) is 5.56 Å². The minimum Gasteiger partial charge on any atom is -0.492 e. The number of hydrogen-bond acceptors (Lipinski definition) is 5. The topological polar surface area (TPSA) is 63.3 Å². The van der Waals surface area contributed by atoms with Gasteiger partial charge in [0.05, 0.1) is 0 Å². The highest BCUT2D eigenvalue weighted by Crippen LogP contribution is 2.15. The number of hydrogen-bond donors (Lipinski definition) is 1. The van der Waals surface area contributed by atoms with E-state index in [4.69, 9.17) is 4.74 Å². The molecule has 0 saturated carbocycles. The summed E-state index contributed by atoms with van der Waals surface area (Å²) in [5.74, 6) is 1.31. The Hall–Kier alpha value is -3.97. The first-order chi connectivity index (χ1) is 17.3. The molecule has 5 rings (SSSR count). The second kappa shape index (κ2) is 11.0. The Morgan fingerprint density at radius 1 is 0.943 bits per heavy atom. The molecule has 0 atom stereocenters. The van der Waals surface area contributed by atoms with Gasteiger partial charge in [0.1, 0.15) is 12.4 Å². The monoisotopic (exact) mass is 468 g/mol. The van der Waals surface area contributed by atoms with E-state index in [9.17, 15) is 4.79 Å². The minimum absolute atomic E-state index is 0.133. The number of aromatic nitrogens is 3. The van der Waals surface area contributed by atoms with E-state index in [1.807, 2.05) is 89.8 Å². The summed E-state index contributed by atoms with van der Waals surface area (Å²) in [6, 6.07) is 24.0. The van der Waals surface area contributed by atoms with E-state index in [-0.39, 0.29) is 11.6 Å². The Balaban J connectivity index is 1.16. The normalized spacial score (nSPS) is 14.5. The Labute approximate surface area is 205 Å². The first-order valence-corrected chi connectivity index (χ1v) is 12.1. The highest BCUT2D eigenvalue weighted by atomic mass is 16.5. The van der Waals surface area contributed by atoms with Crippen LogP contribution in [-0.2, 0) is 0 Å². The van der Waals surface area contributed by atoms with E-state index in [1.165, 1.54) is 0 Å². The first-order valence-electron chi connectivity index (χ1n) is 12.1. The van der Waals surface area contributed by atoms with Crippen LogP contribution >= 0.6 is 0 Å². The molecular formula is C28H30N5O2+. The van der Waals surface area contributed by atoms with Crippen LogP contribution in [0.5, 0.6) is 5.75 Å². The lowest BCUT2D eigenvalue weighted by Crippen LogP contribution is -2.41. The maximum absolute atomic E-state index is 13.1. The number of ether oxygens (including phenoxy) is 1. The zero-order valence-electron chi connectivity index (χ0n) is 19.7. The number of piperidine rings is 1. The molecule has 7 heteroatoms. The number of para-hydroxylation sites is 1. The fraction of sp³-hybridized carbons (Fsp3) is 0.250. The van der Waals surface area contributed by atoms with Crippen molar-refractivity contribution >= 4 is 5.82 Å². The van der Waals surface area contributed by atoms with Crippen LogP contribution in [-0.4, -0.2) is 46.7 Å². The zero-order chi connectivity index (χ0) is 23.9. The van der Waals surface area contributed by atoms with Gasteiger partial charge in [0, 0.05) is 68.0 Å². The van der Waals surface area contributed by atoms with Gasteiger partial charge in [-0.15, -0.1) is 0 Å². The molecule has 1 fully saturated rings. The van der Waals surface area contributed by atoms with Crippen molar-refractivity contribution in [2.75, 3.05) is 31.6 Å². The molecule has 1 aliphatic rings. The van der Waals surface area contributed by atoms with Gasteiger partial charge in [0.15, 0.2) is 18.2 Å². The predicted molar refractivity (Wildman–Crippen MR) is 136 cm³/mol. The average molecular weight is 469 g/mol. The van der Waals surface area contributed by atoms with Crippen molar-refractivity contribution in [1.29, 1.82) is 0 Å². The van der Waals surface area contributed by atoms with Crippen molar-refractivity contribution in [2.24, 2.45) is 0 Å². The number of nitrogens with one attached hydrogen (secondary N) is 1. The molecule has 3 heterocycles. The number of likely N-dealkylation sites (tertiary alicyclic amines) is 1. The van der Waals surface area contributed by atoms with Crippen LogP contribution in [0.3, 0.4) is 0 Å². The molecule has 2 aromatic heterocycles. The van der Waals surface area contributed by atoms with E-state index < -0.39 is 0 Å². The summed E-state index contributed by atoms with van der Waals surface area (Å²) in [5, 5.41) is 3.39. The van der Waals surface area contributed by atoms with Gasteiger partial charge in [0.2, 0.25) is 5.69 Å². The van der Waals surface area contributed by atoms with Crippen LogP contribution in [0.1, 0.15) is 12.8 Å². The second-order valence-electron chi connectivity index (χ2n) is 8.67. The molecule has 0 aliphatic carbocycles. The zero-order valence-corrected chi connectivity index (χ0v) is 19.7. The Morgan fingerprint density at radius 2 is 1.66 bits per heavy atom. The summed E-state index contributed by atoms with van der Waals surface area (Å²) in [6.07, 6.45) is 9.32. The van der Waals surface area contributed by atoms with Crippen molar-refractivity contribution in [3.05, 3.63) is 108 Å². The fourth-order valence-electron chi connectivity index (χ4n) is 4.37. The molecular weight excluding hydrogens is 438 g/mol. The van der Waals surface area contributed by atoms with Gasteiger partial charge in [-0.25, -0.2) is 4.98 Å². The Kier molecular flexibility index (Phi) is 7.15. The van der Waals surface area contributed by atoms with Crippen molar-refractivity contribution in [3.8, 4) is 17.1 Å². The molecule has 35 heavy (non-hydrogen) atoms. The summed E-state index contributed by atoms with van der Waals surface area (Å²) in [5.41, 5.74) is 1.72. The van der Waals surface area contributed by atoms with E-state index in [2.05, 4.69) is 15.2 Å². The molecule has 178 valence electrons. The highest BCUT2D eigenvalue weighted by molar-refractivity contribution is 5.41. The molecule has 0 radical (unpaired) electrons. The summed E-state index contributed by atoms with van der Waals surface area (Å²) >= 11 is 0. The number of nitrogens with zero attached hydrogens (tertiary/aromatic N) is 4. The summed E-state index contributed by atoms with van der Waals surface area (Å²) in [4.78, 5) is 19.9. The third-order valence-corrected chi connectivity index (χ3v) is 6.33. The summed E-state index contributed by atoms with van der Waals surface area (Å²) in [6.45, 7) is 3.51. The lowest BCUT2D eigenvalue weighted by atomic mass is 10.1. The quantitative estimate of drug-likeness (QED) is 0.401. The van der Waals surface area contributed by atoms with Crippen LogP contribution in [0.25, 0.3) is 11.4 Å². The average Bonchev–Trinajstić information content (AvgIpc) is 2.92. The van der Waals surface area contributed by atoms with E-state index >= 15 is 0 Å². The number of rotatable bonds is 8. The molecule has 2 aromatic carbocycles. The molecule has 7 nitrogen and oxygen atoms in total. The molecule has 0 spiro atoms. The second-order valence-corrected chi connectivity index (χ2v) is 8.67. The molecule has 0 bridgehead atoms. The van der Waals surface area contributed by atoms with Crippen LogP contribution in [0, 0.1) is 0 Å². The van der Waals surface area contributed by atoms with Crippen LogP contribution in [0.4, 0.5) is 5.82 Å². The smallest absolute Gasteiger partial charge is 0.297 e. The SMILES string of the molecule is O=c1c(NC2CCN(CCOc3ccccc3)CC2)nccn1-c1ccc(-[n+]2ccccc2)cc1. The molecule has 1 saturated heterocycles. The molecule has 1 aliphatic heterocycles. The van der Waals surface area contributed by atoms with Crippen molar-refractivity contribution in [2.45, 2.75) is 18.9 Å². The van der Waals surface area contributed by atoms with Gasteiger partial charge in [-0.1, -0.05) is 24.3 Å². The maximum Gasteiger partial charge on any atom is 0.297 e. The number of anilines is 1. The number of pyridine rings is 1. The van der Waals surface area contributed by atoms with E-state index in [0.717, 1.165) is 49.6 Å². The van der Waals surface area contributed by atoms with Crippen molar-refractivity contribution in [3.63, 3.8) is 0 Å². The van der Waals surface area contributed by atoms with Gasteiger partial charge in [-0.05, 0) is 37.1 Å². The fourth-order valence-corrected chi connectivity index (χ4v) is 4.37. The lowest BCUT2D eigenvalue weighted by Gasteiger charge is -2.32. The first kappa shape index (κ1) is 22.8. The van der Waals surface area contributed by atoms with E-state index in [0.29, 0.717) is 12.4 Å². The van der Waals surface area contributed by atoms with Gasteiger partial charge in [-0.2, -0.15) is 4.57 Å². The Morgan fingerprint density at radius 3 is 2.40 bits per heavy atom. The largest absolute Gasteiger partial charge is 0.492 e. The summed E-state index contributed by atoms with van der Waals surface area (Å²) in [7, 11) is 0. The van der Waals surface area contributed by atoms with Gasteiger partial charge in [-0.3, -0.25) is 14.3 Å². The summed E-state index contributed by atoms with van der Waals surface area (Å²) < 4.78 is 9.50. The molecule has 4 aromatic rings. The highest BCUT2D eigenvalue weighted by Gasteiger charge is 2.20. The molecule has 0 amide bonds. The molecule has 0 unspecified atom stereocenters. The van der Waals surface area contributed by atoms with Crippen LogP contribution < -0.4 is 20.2 Å². The van der Waals surface area contributed by atoms with Crippen molar-refractivity contribution in [1.82, 2.24) is 14.5 Å². The van der Waals surface area contributed by atoms with Crippen LogP contribution in [0.2, 0.25) is 0 Å². The standard InChI is InChI=1S/C28H30N5O2/c34-28-27(30-23-13-18-31(19-14-23)21-22-35-26-7-3-1-4-8-26)29-15-20-33(28)25-11-9-24(10-12-25)32-16-5-2-6-17-32/h1-12,15-17,20,23H,13-14,18-19,21-22H2,(H,29,30)/q+1. The minimum atomic E-state index is -0.133. The molecule has 1 N–H and O–H groups in total. The Bertz CT molecular complexity index is 1270.